The second-order valence-electron chi connectivity index (χ2n) is 5.33. The van der Waals surface area contributed by atoms with E-state index >= 15 is 0 Å². The van der Waals surface area contributed by atoms with Gasteiger partial charge in [0.2, 0.25) is 11.8 Å². The number of nitrogens with zero attached hydrogens (tertiary/aromatic N) is 1. The molecule has 0 aliphatic rings. The van der Waals surface area contributed by atoms with Gasteiger partial charge in [-0.1, -0.05) is 11.8 Å². The maximum absolute atomic E-state index is 13.1. The van der Waals surface area contributed by atoms with Crippen molar-refractivity contribution in [1.29, 1.82) is 0 Å². The molecule has 0 fully saturated rings. The number of rotatable bonds is 9. The number of thiazole rings is 1. The molecule has 0 saturated heterocycles. The number of benzene rings is 1. The van der Waals surface area contributed by atoms with E-state index in [1.54, 1.807) is 12.3 Å². The lowest BCUT2D eigenvalue weighted by Gasteiger charge is -2.07. The second kappa shape index (κ2) is 10.7. The molecule has 7 nitrogen and oxygen atoms in total. The maximum Gasteiger partial charge on any atom is 0.311 e. The van der Waals surface area contributed by atoms with Crippen molar-refractivity contribution in [3.63, 3.8) is 0 Å². The highest BCUT2D eigenvalue weighted by Gasteiger charge is 2.12. The summed E-state index contributed by atoms with van der Waals surface area (Å²) in [6, 6.07) is 2.95. The van der Waals surface area contributed by atoms with Crippen molar-refractivity contribution < 1.29 is 27.9 Å². The molecule has 28 heavy (non-hydrogen) atoms. The number of esters is 1. The number of aromatic nitrogens is 1. The number of halogens is 2. The monoisotopic (exact) mass is 429 g/mol. The van der Waals surface area contributed by atoms with Crippen molar-refractivity contribution in [2.24, 2.45) is 0 Å². The molecule has 11 heteroatoms. The Bertz CT molecular complexity index is 861. The lowest BCUT2D eigenvalue weighted by Crippen LogP contribution is -2.33. The van der Waals surface area contributed by atoms with Gasteiger partial charge in [-0.05, 0) is 19.1 Å². The molecule has 0 aliphatic heterocycles. The van der Waals surface area contributed by atoms with Crippen molar-refractivity contribution in [2.45, 2.75) is 17.7 Å². The lowest BCUT2D eigenvalue weighted by atomic mass is 10.3. The van der Waals surface area contributed by atoms with E-state index in [1.165, 1.54) is 29.2 Å². The highest BCUT2D eigenvalue weighted by molar-refractivity contribution is 8.01. The van der Waals surface area contributed by atoms with Crippen molar-refractivity contribution in [1.82, 2.24) is 10.3 Å². The van der Waals surface area contributed by atoms with Crippen LogP contribution in [0.2, 0.25) is 0 Å². The van der Waals surface area contributed by atoms with Gasteiger partial charge in [0.15, 0.2) is 16.0 Å². The Balaban J connectivity index is 1.71. The van der Waals surface area contributed by atoms with Crippen LogP contribution in [0.15, 0.2) is 27.9 Å². The number of thioether (sulfide) groups is 1. The van der Waals surface area contributed by atoms with Crippen LogP contribution in [-0.2, 0) is 25.5 Å². The number of carbonyl (C=O) groups is 3. The van der Waals surface area contributed by atoms with E-state index in [4.69, 9.17) is 4.74 Å². The van der Waals surface area contributed by atoms with Crippen LogP contribution in [-0.4, -0.2) is 41.7 Å². The first-order valence-corrected chi connectivity index (χ1v) is 9.98. The normalized spacial score (nSPS) is 10.4. The van der Waals surface area contributed by atoms with Crippen LogP contribution >= 0.6 is 23.1 Å². The predicted molar refractivity (Wildman–Crippen MR) is 101 cm³/mol. The molecule has 0 spiro atoms. The molecule has 0 atom stereocenters. The van der Waals surface area contributed by atoms with Gasteiger partial charge in [0.25, 0.3) is 0 Å². The number of ether oxygens (including phenoxy) is 1. The van der Waals surface area contributed by atoms with E-state index in [0.717, 1.165) is 12.1 Å². The number of nitrogens with one attached hydrogen (secondary N) is 2. The summed E-state index contributed by atoms with van der Waals surface area (Å²) in [5.74, 6) is -3.40. The zero-order chi connectivity index (χ0) is 20.5. The Hall–Kier alpha value is -2.53. The van der Waals surface area contributed by atoms with E-state index in [2.05, 4.69) is 15.6 Å². The number of hydrogen-bond acceptors (Lipinski definition) is 7. The molecular weight excluding hydrogens is 412 g/mol. The molecule has 1 heterocycles. The van der Waals surface area contributed by atoms with Crippen LogP contribution in [0.5, 0.6) is 0 Å². The highest BCUT2D eigenvalue weighted by Crippen LogP contribution is 2.22. The molecule has 2 N–H and O–H groups in total. The van der Waals surface area contributed by atoms with Crippen LogP contribution in [0, 0.1) is 11.6 Å². The summed E-state index contributed by atoms with van der Waals surface area (Å²) in [6.07, 6.45) is 0.0707. The molecule has 0 unspecified atom stereocenters. The first kappa shape index (κ1) is 21.8. The van der Waals surface area contributed by atoms with E-state index < -0.39 is 23.4 Å². The average molecular weight is 429 g/mol. The van der Waals surface area contributed by atoms with Crippen LogP contribution < -0.4 is 10.6 Å². The summed E-state index contributed by atoms with van der Waals surface area (Å²) in [5.41, 5.74) is 0.654. The maximum atomic E-state index is 13.1. The molecule has 0 radical (unpaired) electrons. The van der Waals surface area contributed by atoms with Crippen molar-refractivity contribution in [3.8, 4) is 0 Å². The lowest BCUT2D eigenvalue weighted by molar-refractivity contribution is -0.142. The fourth-order valence-corrected chi connectivity index (χ4v) is 3.61. The van der Waals surface area contributed by atoms with Gasteiger partial charge < -0.3 is 15.4 Å². The quantitative estimate of drug-likeness (QED) is 0.469. The standard InChI is InChI=1S/C17H17F2N3O4S2/c1-2-26-16(25)6-11-8-27-17(22-11)28-9-15(24)20-7-14(23)21-10-3-4-12(18)13(19)5-10/h3-5,8H,2,6-7,9H2,1H3,(H,20,24)(H,21,23). The summed E-state index contributed by atoms with van der Waals surface area (Å²) < 4.78 is 31.4. The van der Waals surface area contributed by atoms with Crippen LogP contribution in [0.4, 0.5) is 14.5 Å². The Morgan fingerprint density at radius 2 is 2.00 bits per heavy atom. The van der Waals surface area contributed by atoms with Gasteiger partial charge in [0.1, 0.15) is 0 Å². The van der Waals surface area contributed by atoms with Gasteiger partial charge in [0, 0.05) is 17.1 Å². The van der Waals surface area contributed by atoms with Gasteiger partial charge in [-0.3, -0.25) is 14.4 Å². The molecule has 1 aromatic heterocycles. The van der Waals surface area contributed by atoms with E-state index in [9.17, 15) is 23.2 Å². The van der Waals surface area contributed by atoms with Crippen LogP contribution in [0.3, 0.4) is 0 Å². The minimum atomic E-state index is -1.08. The predicted octanol–water partition coefficient (Wildman–Crippen LogP) is 2.37. The number of hydrogen-bond donors (Lipinski definition) is 2. The Morgan fingerprint density at radius 3 is 2.71 bits per heavy atom. The molecule has 1 aromatic carbocycles. The molecule has 0 aliphatic carbocycles. The number of carbonyl (C=O) groups excluding carboxylic acids is 3. The Morgan fingerprint density at radius 1 is 1.21 bits per heavy atom. The van der Waals surface area contributed by atoms with E-state index in [-0.39, 0.29) is 30.4 Å². The zero-order valence-electron chi connectivity index (χ0n) is 14.8. The molecule has 2 amide bonds. The largest absolute Gasteiger partial charge is 0.466 e. The third-order valence-corrected chi connectivity index (χ3v) is 5.21. The smallest absolute Gasteiger partial charge is 0.311 e. The van der Waals surface area contributed by atoms with Gasteiger partial charge in [-0.15, -0.1) is 11.3 Å². The summed E-state index contributed by atoms with van der Waals surface area (Å²) >= 11 is 2.47. The van der Waals surface area contributed by atoms with E-state index in [0.29, 0.717) is 16.6 Å². The van der Waals surface area contributed by atoms with Crippen molar-refractivity contribution in [3.05, 3.63) is 40.9 Å². The third-order valence-electron chi connectivity index (χ3n) is 3.14. The van der Waals surface area contributed by atoms with Crippen LogP contribution in [0.25, 0.3) is 0 Å². The molecule has 150 valence electrons. The number of anilines is 1. The first-order valence-electron chi connectivity index (χ1n) is 8.11. The Labute approximate surface area is 167 Å². The molecule has 0 bridgehead atoms. The summed E-state index contributed by atoms with van der Waals surface area (Å²) in [6.45, 7) is 1.70. The third kappa shape index (κ3) is 7.24. The summed E-state index contributed by atoms with van der Waals surface area (Å²) in [4.78, 5) is 39.2. The Kier molecular flexibility index (Phi) is 8.33. The molecule has 0 saturated carbocycles. The van der Waals surface area contributed by atoms with Crippen molar-refractivity contribution >= 4 is 46.6 Å². The number of amides is 2. The van der Waals surface area contributed by atoms with Gasteiger partial charge >= 0.3 is 5.97 Å². The summed E-state index contributed by atoms with van der Waals surface area (Å²) in [5, 5.41) is 6.48. The topological polar surface area (TPSA) is 97.4 Å². The summed E-state index contributed by atoms with van der Waals surface area (Å²) in [7, 11) is 0. The minimum Gasteiger partial charge on any atom is -0.466 e. The zero-order valence-corrected chi connectivity index (χ0v) is 16.4. The molecule has 2 aromatic rings. The van der Waals surface area contributed by atoms with Gasteiger partial charge in [-0.2, -0.15) is 0 Å². The van der Waals surface area contributed by atoms with Crippen LogP contribution in [0.1, 0.15) is 12.6 Å². The SMILES string of the molecule is CCOC(=O)Cc1csc(SCC(=O)NCC(=O)Nc2ccc(F)c(F)c2)n1. The minimum absolute atomic E-state index is 0.0326. The second-order valence-corrected chi connectivity index (χ2v) is 7.41. The van der Waals surface area contributed by atoms with Gasteiger partial charge in [-0.25, -0.2) is 13.8 Å². The fourth-order valence-electron chi connectivity index (χ4n) is 1.93. The molecular formula is C17H17F2N3O4S2. The first-order chi connectivity index (χ1) is 13.4. The van der Waals surface area contributed by atoms with E-state index in [1.807, 2.05) is 0 Å². The average Bonchev–Trinajstić information content (AvgIpc) is 3.09. The highest BCUT2D eigenvalue weighted by atomic mass is 32.2. The molecule has 2 rings (SSSR count). The fraction of sp³-hybridized carbons (Fsp3) is 0.294. The van der Waals surface area contributed by atoms with Gasteiger partial charge in [0.05, 0.1) is 31.0 Å². The van der Waals surface area contributed by atoms with Crippen molar-refractivity contribution in [2.75, 3.05) is 24.2 Å².